The second kappa shape index (κ2) is 9.40. The minimum absolute atomic E-state index is 0.679. The molecule has 0 aliphatic heterocycles. The molecule has 5 heteroatoms. The van der Waals surface area contributed by atoms with Crippen LogP contribution in [0.1, 0.15) is 13.8 Å². The van der Waals surface area contributed by atoms with E-state index in [-0.39, 0.29) is 0 Å². The molecular weight excluding hydrogens is 344 g/mol. The van der Waals surface area contributed by atoms with Gasteiger partial charge in [0.2, 0.25) is 0 Å². The molecule has 0 fully saturated rings. The van der Waals surface area contributed by atoms with E-state index in [1.165, 1.54) is 19.6 Å². The summed E-state index contributed by atoms with van der Waals surface area (Å²) in [7, 11) is 0. The Kier molecular flexibility index (Phi) is 7.53. The molecular formula is C18H22O2S3. The van der Waals surface area contributed by atoms with Gasteiger partial charge in [0, 0.05) is 19.6 Å². The van der Waals surface area contributed by atoms with Crippen LogP contribution in [0.4, 0.5) is 0 Å². The second-order valence-corrected chi connectivity index (χ2v) is 7.44. The van der Waals surface area contributed by atoms with E-state index in [1.807, 2.05) is 13.8 Å². The molecule has 0 amide bonds. The molecule has 0 saturated carbocycles. The smallest absolute Gasteiger partial charge is 0.133 e. The summed E-state index contributed by atoms with van der Waals surface area (Å²) in [5.74, 6) is 1.91. The topological polar surface area (TPSA) is 18.5 Å². The predicted molar refractivity (Wildman–Crippen MR) is 103 cm³/mol. The SMILES string of the molecule is CCOc1cc(Sc2ccc(SC)c(OCC)c2)ccc1SC. The first-order valence-corrected chi connectivity index (χ1v) is 10.8. The van der Waals surface area contributed by atoms with Crippen molar-refractivity contribution in [1.82, 2.24) is 0 Å². The van der Waals surface area contributed by atoms with Crippen molar-refractivity contribution in [2.45, 2.75) is 33.4 Å². The average molecular weight is 367 g/mol. The van der Waals surface area contributed by atoms with E-state index in [1.54, 1.807) is 35.3 Å². The van der Waals surface area contributed by atoms with E-state index in [0.29, 0.717) is 13.2 Å². The molecule has 0 unspecified atom stereocenters. The maximum absolute atomic E-state index is 5.74. The van der Waals surface area contributed by atoms with E-state index in [4.69, 9.17) is 9.47 Å². The van der Waals surface area contributed by atoms with Gasteiger partial charge in [0.1, 0.15) is 11.5 Å². The van der Waals surface area contributed by atoms with Crippen LogP contribution in [0.25, 0.3) is 0 Å². The van der Waals surface area contributed by atoms with E-state index in [0.717, 1.165) is 11.5 Å². The van der Waals surface area contributed by atoms with E-state index in [9.17, 15) is 0 Å². The van der Waals surface area contributed by atoms with Crippen LogP contribution in [-0.4, -0.2) is 25.7 Å². The number of rotatable bonds is 8. The number of ether oxygens (including phenoxy) is 2. The fraction of sp³-hybridized carbons (Fsp3) is 0.333. The molecule has 2 aromatic rings. The Morgan fingerprint density at radius 1 is 0.739 bits per heavy atom. The van der Waals surface area contributed by atoms with Crippen molar-refractivity contribution in [3.8, 4) is 11.5 Å². The molecule has 0 aliphatic rings. The van der Waals surface area contributed by atoms with Crippen LogP contribution >= 0.6 is 35.3 Å². The van der Waals surface area contributed by atoms with Gasteiger partial charge in [0.25, 0.3) is 0 Å². The van der Waals surface area contributed by atoms with E-state index < -0.39 is 0 Å². The van der Waals surface area contributed by atoms with Crippen molar-refractivity contribution >= 4 is 35.3 Å². The van der Waals surface area contributed by atoms with Gasteiger partial charge in [-0.15, -0.1) is 23.5 Å². The van der Waals surface area contributed by atoms with Gasteiger partial charge in [-0.05, 0) is 62.8 Å². The van der Waals surface area contributed by atoms with Crippen LogP contribution in [0.5, 0.6) is 11.5 Å². The molecule has 0 bridgehead atoms. The maximum Gasteiger partial charge on any atom is 0.133 e. The Morgan fingerprint density at radius 2 is 1.17 bits per heavy atom. The predicted octanol–water partition coefficient (Wildman–Crippen LogP) is 6.08. The maximum atomic E-state index is 5.74. The Balaban J connectivity index is 2.24. The fourth-order valence-corrected chi connectivity index (χ4v) is 4.04. The number of benzene rings is 2. The van der Waals surface area contributed by atoms with Crippen LogP contribution < -0.4 is 9.47 Å². The zero-order valence-electron chi connectivity index (χ0n) is 13.9. The molecule has 0 heterocycles. The summed E-state index contributed by atoms with van der Waals surface area (Å²) in [4.78, 5) is 4.68. The Bertz CT molecular complexity index is 589. The van der Waals surface area contributed by atoms with E-state index >= 15 is 0 Å². The molecule has 0 radical (unpaired) electrons. The van der Waals surface area contributed by atoms with Crippen LogP contribution in [0.15, 0.2) is 56.0 Å². The standard InChI is InChI=1S/C18H22O2S3/c1-5-19-15-11-13(7-9-17(15)21-3)23-14-8-10-18(22-4)16(12-14)20-6-2/h7-12H,5-6H2,1-4H3. The van der Waals surface area contributed by atoms with Gasteiger partial charge < -0.3 is 9.47 Å². The third-order valence-electron chi connectivity index (χ3n) is 3.11. The Hall–Kier alpha value is -0.910. The average Bonchev–Trinajstić information content (AvgIpc) is 2.56. The van der Waals surface area contributed by atoms with Gasteiger partial charge in [-0.25, -0.2) is 0 Å². The van der Waals surface area contributed by atoms with Crippen molar-refractivity contribution < 1.29 is 9.47 Å². The summed E-state index contributed by atoms with van der Waals surface area (Å²) in [5.41, 5.74) is 0. The highest BCUT2D eigenvalue weighted by Crippen LogP contribution is 2.38. The largest absolute Gasteiger partial charge is 0.493 e. The summed E-state index contributed by atoms with van der Waals surface area (Å²) >= 11 is 5.14. The van der Waals surface area contributed by atoms with Crippen molar-refractivity contribution in [3.05, 3.63) is 36.4 Å². The monoisotopic (exact) mass is 366 g/mol. The number of hydrogen-bond acceptors (Lipinski definition) is 5. The molecule has 0 aromatic heterocycles. The summed E-state index contributed by atoms with van der Waals surface area (Å²) in [6.45, 7) is 5.38. The molecule has 0 saturated heterocycles. The lowest BCUT2D eigenvalue weighted by atomic mass is 10.3. The molecule has 0 aliphatic carbocycles. The zero-order chi connectivity index (χ0) is 16.7. The van der Waals surface area contributed by atoms with Gasteiger partial charge >= 0.3 is 0 Å². The highest BCUT2D eigenvalue weighted by atomic mass is 32.2. The number of hydrogen-bond donors (Lipinski definition) is 0. The molecule has 23 heavy (non-hydrogen) atoms. The van der Waals surface area contributed by atoms with Crippen LogP contribution in [0.3, 0.4) is 0 Å². The summed E-state index contributed by atoms with van der Waals surface area (Å²) in [5, 5.41) is 0. The van der Waals surface area contributed by atoms with Gasteiger partial charge in [0.15, 0.2) is 0 Å². The first-order chi connectivity index (χ1) is 11.2. The van der Waals surface area contributed by atoms with Crippen LogP contribution in [0.2, 0.25) is 0 Å². The quantitative estimate of drug-likeness (QED) is 0.526. The fourth-order valence-electron chi connectivity index (χ4n) is 2.11. The third-order valence-corrected chi connectivity index (χ3v) is 5.64. The first kappa shape index (κ1) is 18.4. The molecule has 0 N–H and O–H groups in total. The van der Waals surface area contributed by atoms with Crippen molar-refractivity contribution in [1.29, 1.82) is 0 Å². The van der Waals surface area contributed by atoms with E-state index in [2.05, 4.69) is 48.9 Å². The Labute approximate surface area is 151 Å². The third kappa shape index (κ3) is 5.03. The minimum atomic E-state index is 0.679. The van der Waals surface area contributed by atoms with Gasteiger partial charge in [0.05, 0.1) is 13.2 Å². The zero-order valence-corrected chi connectivity index (χ0v) is 16.4. The second-order valence-electron chi connectivity index (χ2n) is 4.59. The van der Waals surface area contributed by atoms with Gasteiger partial charge in [-0.1, -0.05) is 11.8 Å². The molecule has 0 spiro atoms. The lowest BCUT2D eigenvalue weighted by Gasteiger charge is -2.12. The van der Waals surface area contributed by atoms with Crippen LogP contribution in [0, 0.1) is 0 Å². The summed E-state index contributed by atoms with van der Waals surface area (Å²) < 4.78 is 11.5. The summed E-state index contributed by atoms with van der Waals surface area (Å²) in [6.07, 6.45) is 4.14. The van der Waals surface area contributed by atoms with Crippen molar-refractivity contribution in [3.63, 3.8) is 0 Å². The highest BCUT2D eigenvalue weighted by Gasteiger charge is 2.08. The van der Waals surface area contributed by atoms with Gasteiger partial charge in [-0.2, -0.15) is 0 Å². The molecule has 124 valence electrons. The minimum Gasteiger partial charge on any atom is -0.493 e. The highest BCUT2D eigenvalue weighted by molar-refractivity contribution is 7.99. The summed E-state index contributed by atoms with van der Waals surface area (Å²) in [6, 6.07) is 12.8. The lowest BCUT2D eigenvalue weighted by molar-refractivity contribution is 0.331. The molecule has 2 aromatic carbocycles. The van der Waals surface area contributed by atoms with Crippen molar-refractivity contribution in [2.75, 3.05) is 25.7 Å². The van der Waals surface area contributed by atoms with Gasteiger partial charge in [-0.3, -0.25) is 0 Å². The Morgan fingerprint density at radius 3 is 1.52 bits per heavy atom. The first-order valence-electron chi connectivity index (χ1n) is 7.51. The lowest BCUT2D eigenvalue weighted by Crippen LogP contribution is -1.94. The van der Waals surface area contributed by atoms with Crippen molar-refractivity contribution in [2.24, 2.45) is 0 Å². The normalized spacial score (nSPS) is 10.6. The molecule has 0 atom stereocenters. The molecule has 2 rings (SSSR count). The molecule has 2 nitrogen and oxygen atoms in total. The number of thioether (sulfide) groups is 2. The van der Waals surface area contributed by atoms with Crippen LogP contribution in [-0.2, 0) is 0 Å².